The van der Waals surface area contributed by atoms with Crippen molar-refractivity contribution < 1.29 is 14.3 Å². The standard InChI is InChI=1S/C24H22N2O4S2/c1-14-20(23(28)30-3)21(16-8-10-18(31-4)11-9-16)26-22(27)19(32-24(26)25-14)13-15-6-5-7-17(12-15)29-2/h5-13,21H,1-4H3. The molecule has 0 amide bonds. The number of nitrogens with zero attached hydrogens (tertiary/aromatic N) is 2. The summed E-state index contributed by atoms with van der Waals surface area (Å²) in [6, 6.07) is 14.7. The third-order valence-electron chi connectivity index (χ3n) is 5.25. The van der Waals surface area contributed by atoms with Crippen LogP contribution < -0.4 is 19.6 Å². The number of carbonyl (C=O) groups excluding carboxylic acids is 1. The summed E-state index contributed by atoms with van der Waals surface area (Å²) in [5.74, 6) is 0.217. The van der Waals surface area contributed by atoms with E-state index in [1.54, 1.807) is 30.4 Å². The van der Waals surface area contributed by atoms with Crippen molar-refractivity contribution in [1.29, 1.82) is 0 Å². The van der Waals surface area contributed by atoms with Crippen LogP contribution in [0.5, 0.6) is 5.75 Å². The molecule has 0 saturated heterocycles. The van der Waals surface area contributed by atoms with Crippen LogP contribution in [-0.4, -0.2) is 31.0 Å². The number of aromatic nitrogens is 1. The predicted molar refractivity (Wildman–Crippen MR) is 127 cm³/mol. The molecular weight excluding hydrogens is 444 g/mol. The summed E-state index contributed by atoms with van der Waals surface area (Å²) in [6.45, 7) is 1.77. The van der Waals surface area contributed by atoms with Crippen LogP contribution in [0.1, 0.15) is 24.1 Å². The van der Waals surface area contributed by atoms with Crippen LogP contribution in [-0.2, 0) is 9.53 Å². The summed E-state index contributed by atoms with van der Waals surface area (Å²) in [4.78, 5) is 32.4. The Kier molecular flexibility index (Phi) is 6.34. The van der Waals surface area contributed by atoms with Gasteiger partial charge in [0.05, 0.1) is 36.1 Å². The molecule has 0 saturated carbocycles. The normalized spacial score (nSPS) is 15.9. The molecule has 1 atom stereocenters. The molecule has 0 aliphatic carbocycles. The highest BCUT2D eigenvalue weighted by Gasteiger charge is 2.33. The van der Waals surface area contributed by atoms with Gasteiger partial charge in [-0.1, -0.05) is 35.6 Å². The SMILES string of the molecule is COC(=O)C1=C(C)N=c2sc(=Cc3cccc(OC)c3)c(=O)n2C1c1ccc(SC)cc1. The smallest absolute Gasteiger partial charge is 0.338 e. The highest BCUT2D eigenvalue weighted by molar-refractivity contribution is 7.98. The van der Waals surface area contributed by atoms with Crippen molar-refractivity contribution in [2.75, 3.05) is 20.5 Å². The third kappa shape index (κ3) is 4.03. The second-order valence-electron chi connectivity index (χ2n) is 7.12. The summed E-state index contributed by atoms with van der Waals surface area (Å²) in [5.41, 5.74) is 2.38. The summed E-state index contributed by atoms with van der Waals surface area (Å²) in [7, 11) is 2.94. The number of carbonyl (C=O) groups is 1. The molecule has 1 aromatic heterocycles. The Morgan fingerprint density at radius 1 is 1.19 bits per heavy atom. The average Bonchev–Trinajstić information content (AvgIpc) is 3.12. The van der Waals surface area contributed by atoms with Gasteiger partial charge < -0.3 is 9.47 Å². The fraction of sp³-hybridized carbons (Fsp3) is 0.208. The summed E-state index contributed by atoms with van der Waals surface area (Å²) in [5, 5.41) is 0. The van der Waals surface area contributed by atoms with Gasteiger partial charge in [0.2, 0.25) is 0 Å². The molecule has 164 valence electrons. The molecule has 0 bridgehead atoms. The number of ether oxygens (including phenoxy) is 2. The Morgan fingerprint density at radius 2 is 1.94 bits per heavy atom. The molecule has 1 unspecified atom stereocenters. The van der Waals surface area contributed by atoms with Gasteiger partial charge in [-0.05, 0) is 54.6 Å². The van der Waals surface area contributed by atoms with Crippen LogP contribution in [0.25, 0.3) is 6.08 Å². The topological polar surface area (TPSA) is 69.9 Å². The van der Waals surface area contributed by atoms with E-state index < -0.39 is 12.0 Å². The molecule has 0 N–H and O–H groups in total. The predicted octanol–water partition coefficient (Wildman–Crippen LogP) is 3.14. The Labute approximate surface area is 193 Å². The number of allylic oxidation sites excluding steroid dienone is 1. The van der Waals surface area contributed by atoms with Crippen molar-refractivity contribution in [2.45, 2.75) is 17.9 Å². The van der Waals surface area contributed by atoms with Crippen molar-refractivity contribution in [1.82, 2.24) is 4.57 Å². The van der Waals surface area contributed by atoms with Crippen LogP contribution in [0.4, 0.5) is 0 Å². The molecule has 0 radical (unpaired) electrons. The number of fused-ring (bicyclic) bond motifs is 1. The first kappa shape index (κ1) is 22.1. The van der Waals surface area contributed by atoms with Gasteiger partial charge in [-0.3, -0.25) is 9.36 Å². The first-order valence-electron chi connectivity index (χ1n) is 9.85. The van der Waals surface area contributed by atoms with Crippen LogP contribution >= 0.6 is 23.1 Å². The Bertz CT molecular complexity index is 1380. The lowest BCUT2D eigenvalue weighted by molar-refractivity contribution is -0.136. The third-order valence-corrected chi connectivity index (χ3v) is 6.98. The molecule has 0 fully saturated rings. The summed E-state index contributed by atoms with van der Waals surface area (Å²) < 4.78 is 12.4. The number of methoxy groups -OCH3 is 2. The maximum Gasteiger partial charge on any atom is 0.338 e. The van der Waals surface area contributed by atoms with Crippen LogP contribution in [0, 0.1) is 0 Å². The van der Waals surface area contributed by atoms with Gasteiger partial charge in [-0.15, -0.1) is 11.8 Å². The zero-order valence-corrected chi connectivity index (χ0v) is 19.8. The molecule has 1 aliphatic heterocycles. The van der Waals surface area contributed by atoms with Gasteiger partial charge in [-0.25, -0.2) is 9.79 Å². The van der Waals surface area contributed by atoms with Crippen molar-refractivity contribution in [3.8, 4) is 5.75 Å². The van der Waals surface area contributed by atoms with Gasteiger partial charge in [0, 0.05) is 4.90 Å². The fourth-order valence-corrected chi connectivity index (χ4v) is 5.13. The molecule has 4 rings (SSSR count). The van der Waals surface area contributed by atoms with E-state index in [4.69, 9.17) is 9.47 Å². The lowest BCUT2D eigenvalue weighted by atomic mass is 9.96. The molecule has 3 aromatic rings. The highest BCUT2D eigenvalue weighted by atomic mass is 32.2. The fourth-order valence-electron chi connectivity index (χ4n) is 3.68. The second kappa shape index (κ2) is 9.18. The van der Waals surface area contributed by atoms with E-state index >= 15 is 0 Å². The van der Waals surface area contributed by atoms with Crippen molar-refractivity contribution in [3.05, 3.63) is 90.6 Å². The van der Waals surface area contributed by atoms with Crippen molar-refractivity contribution in [3.63, 3.8) is 0 Å². The minimum atomic E-state index is -0.609. The maximum atomic E-state index is 13.5. The van der Waals surface area contributed by atoms with E-state index in [1.165, 1.54) is 18.4 Å². The van der Waals surface area contributed by atoms with Crippen molar-refractivity contribution >= 4 is 35.1 Å². The Balaban J connectivity index is 1.94. The molecule has 1 aliphatic rings. The molecule has 6 nitrogen and oxygen atoms in total. The molecule has 32 heavy (non-hydrogen) atoms. The van der Waals surface area contributed by atoms with E-state index in [0.29, 0.717) is 26.4 Å². The molecular formula is C24H22N2O4S2. The lowest BCUT2D eigenvalue weighted by Gasteiger charge is -2.24. The van der Waals surface area contributed by atoms with Gasteiger partial charge in [0.15, 0.2) is 4.80 Å². The summed E-state index contributed by atoms with van der Waals surface area (Å²) in [6.07, 6.45) is 3.82. The van der Waals surface area contributed by atoms with Crippen LogP contribution in [0.2, 0.25) is 0 Å². The molecule has 8 heteroatoms. The van der Waals surface area contributed by atoms with E-state index in [-0.39, 0.29) is 5.56 Å². The lowest BCUT2D eigenvalue weighted by Crippen LogP contribution is -2.39. The number of hydrogen-bond acceptors (Lipinski definition) is 7. The highest BCUT2D eigenvalue weighted by Crippen LogP contribution is 2.31. The minimum absolute atomic E-state index is 0.204. The first-order chi connectivity index (χ1) is 15.5. The summed E-state index contributed by atoms with van der Waals surface area (Å²) >= 11 is 2.93. The van der Waals surface area contributed by atoms with E-state index in [0.717, 1.165) is 16.0 Å². The van der Waals surface area contributed by atoms with Gasteiger partial charge in [0.25, 0.3) is 5.56 Å². The van der Waals surface area contributed by atoms with E-state index in [9.17, 15) is 9.59 Å². The maximum absolute atomic E-state index is 13.5. The number of benzene rings is 2. The van der Waals surface area contributed by atoms with Crippen molar-refractivity contribution in [2.24, 2.45) is 4.99 Å². The number of rotatable bonds is 5. The van der Waals surface area contributed by atoms with Gasteiger partial charge in [-0.2, -0.15) is 0 Å². The van der Waals surface area contributed by atoms with Gasteiger partial charge in [0.1, 0.15) is 5.75 Å². The van der Waals surface area contributed by atoms with E-state index in [1.807, 2.05) is 60.9 Å². The minimum Gasteiger partial charge on any atom is -0.497 e. The molecule has 2 heterocycles. The zero-order valence-electron chi connectivity index (χ0n) is 18.1. The largest absolute Gasteiger partial charge is 0.497 e. The van der Waals surface area contributed by atoms with Gasteiger partial charge >= 0.3 is 5.97 Å². The number of esters is 1. The average molecular weight is 467 g/mol. The number of thiazole rings is 1. The molecule has 2 aromatic carbocycles. The Hall–Kier alpha value is -3.10. The van der Waals surface area contributed by atoms with Crippen LogP contribution in [0.15, 0.2) is 74.5 Å². The zero-order chi connectivity index (χ0) is 22.8. The van der Waals surface area contributed by atoms with Crippen LogP contribution in [0.3, 0.4) is 0 Å². The monoisotopic (exact) mass is 466 g/mol. The first-order valence-corrected chi connectivity index (χ1v) is 11.9. The Morgan fingerprint density at radius 3 is 2.59 bits per heavy atom. The quantitative estimate of drug-likeness (QED) is 0.427. The second-order valence-corrected chi connectivity index (χ2v) is 9.01. The number of hydrogen-bond donors (Lipinski definition) is 0. The number of thioether (sulfide) groups is 1. The molecule has 0 spiro atoms. The van der Waals surface area contributed by atoms with E-state index in [2.05, 4.69) is 4.99 Å².